The number of aryl methyl sites for hydroxylation is 1. The zero-order valence-electron chi connectivity index (χ0n) is 18.6. The van der Waals surface area contributed by atoms with Gasteiger partial charge in [-0.1, -0.05) is 41.4 Å². The van der Waals surface area contributed by atoms with Crippen molar-refractivity contribution in [3.63, 3.8) is 0 Å². The second kappa shape index (κ2) is 9.39. The standard InChI is InChI=1S/C23H29ClN2O5S/c1-15-5-11-18(12-6-15)32(29,30)26-13-19(20(27)14-26)21(16-7-9-17(24)10-8-16)25-22(28)31-23(2,3)4/h5-12,19-21,27H,13-14H2,1-4H3,(H,25,28)/t19-,20+,21-/m0/s1. The molecule has 1 amide bonds. The summed E-state index contributed by atoms with van der Waals surface area (Å²) in [5.41, 5.74) is 0.940. The van der Waals surface area contributed by atoms with E-state index in [4.69, 9.17) is 16.3 Å². The molecule has 32 heavy (non-hydrogen) atoms. The second-order valence-electron chi connectivity index (χ2n) is 9.04. The van der Waals surface area contributed by atoms with Crippen molar-refractivity contribution in [3.05, 3.63) is 64.7 Å². The molecule has 0 aliphatic carbocycles. The number of nitrogens with zero attached hydrogens (tertiary/aromatic N) is 1. The van der Waals surface area contributed by atoms with Gasteiger partial charge in [0.05, 0.1) is 17.0 Å². The van der Waals surface area contributed by atoms with Crippen molar-refractivity contribution >= 4 is 27.7 Å². The number of carbonyl (C=O) groups excluding carboxylic acids is 1. The van der Waals surface area contributed by atoms with Crippen LogP contribution in [0.5, 0.6) is 0 Å². The van der Waals surface area contributed by atoms with Gasteiger partial charge in [0.15, 0.2) is 0 Å². The van der Waals surface area contributed by atoms with Crippen molar-refractivity contribution in [2.45, 2.75) is 50.3 Å². The maximum Gasteiger partial charge on any atom is 0.408 e. The predicted molar refractivity (Wildman–Crippen MR) is 123 cm³/mol. The maximum atomic E-state index is 13.1. The Morgan fingerprint density at radius 1 is 1.12 bits per heavy atom. The number of carbonyl (C=O) groups is 1. The Balaban J connectivity index is 1.88. The highest BCUT2D eigenvalue weighted by Crippen LogP contribution is 2.34. The summed E-state index contributed by atoms with van der Waals surface area (Å²) in [6.45, 7) is 7.12. The van der Waals surface area contributed by atoms with Crippen molar-refractivity contribution in [1.82, 2.24) is 9.62 Å². The average molecular weight is 481 g/mol. The molecule has 2 N–H and O–H groups in total. The molecule has 3 atom stereocenters. The molecule has 9 heteroatoms. The molecule has 1 aliphatic heterocycles. The number of hydrogen-bond acceptors (Lipinski definition) is 5. The van der Waals surface area contributed by atoms with E-state index in [2.05, 4.69) is 5.32 Å². The van der Waals surface area contributed by atoms with Crippen LogP contribution in [0.15, 0.2) is 53.4 Å². The highest BCUT2D eigenvalue weighted by Gasteiger charge is 2.43. The van der Waals surface area contributed by atoms with Crippen LogP contribution in [0.1, 0.15) is 37.9 Å². The highest BCUT2D eigenvalue weighted by atomic mass is 35.5. The van der Waals surface area contributed by atoms with Crippen LogP contribution in [0.2, 0.25) is 5.02 Å². The molecule has 1 aliphatic rings. The average Bonchev–Trinajstić information content (AvgIpc) is 3.08. The van der Waals surface area contributed by atoms with Crippen LogP contribution in [0, 0.1) is 12.8 Å². The zero-order chi connectivity index (χ0) is 23.7. The van der Waals surface area contributed by atoms with E-state index in [-0.39, 0.29) is 18.0 Å². The van der Waals surface area contributed by atoms with E-state index in [1.165, 1.54) is 4.31 Å². The van der Waals surface area contributed by atoms with Crippen molar-refractivity contribution in [2.24, 2.45) is 5.92 Å². The topological polar surface area (TPSA) is 95.9 Å². The first-order valence-corrected chi connectivity index (χ1v) is 12.2. The number of hydrogen-bond donors (Lipinski definition) is 2. The van der Waals surface area contributed by atoms with E-state index in [9.17, 15) is 18.3 Å². The number of benzene rings is 2. The monoisotopic (exact) mass is 480 g/mol. The van der Waals surface area contributed by atoms with E-state index in [1.54, 1.807) is 69.3 Å². The first-order valence-electron chi connectivity index (χ1n) is 10.4. The first-order chi connectivity index (χ1) is 14.9. The van der Waals surface area contributed by atoms with Gasteiger partial charge >= 0.3 is 6.09 Å². The summed E-state index contributed by atoms with van der Waals surface area (Å²) in [5.74, 6) is -0.580. The molecule has 0 spiro atoms. The fourth-order valence-electron chi connectivity index (χ4n) is 3.70. The molecule has 1 fully saturated rings. The molecule has 0 saturated carbocycles. The van der Waals surface area contributed by atoms with E-state index in [0.29, 0.717) is 10.6 Å². The fraction of sp³-hybridized carbons (Fsp3) is 0.435. The molecular weight excluding hydrogens is 452 g/mol. The van der Waals surface area contributed by atoms with Crippen LogP contribution < -0.4 is 5.32 Å². The molecule has 0 aromatic heterocycles. The number of aliphatic hydroxyl groups is 1. The molecule has 0 radical (unpaired) electrons. The van der Waals surface area contributed by atoms with Gasteiger partial charge in [0.1, 0.15) is 5.60 Å². The minimum atomic E-state index is -3.79. The smallest absolute Gasteiger partial charge is 0.408 e. The SMILES string of the molecule is Cc1ccc(S(=O)(=O)N2C[C@H]([C@@H](NC(=O)OC(C)(C)C)c3ccc(Cl)cc3)[C@H](O)C2)cc1. The Bertz CT molecular complexity index is 1050. The summed E-state index contributed by atoms with van der Waals surface area (Å²) in [5, 5.41) is 14.2. The van der Waals surface area contributed by atoms with E-state index in [0.717, 1.165) is 5.56 Å². The van der Waals surface area contributed by atoms with Gasteiger partial charge in [0, 0.05) is 24.0 Å². The third-order valence-electron chi connectivity index (χ3n) is 5.29. The number of rotatable bonds is 5. The Kier molecular flexibility index (Phi) is 7.19. The molecule has 1 heterocycles. The molecule has 0 bridgehead atoms. The third kappa shape index (κ3) is 5.81. The zero-order valence-corrected chi connectivity index (χ0v) is 20.2. The van der Waals surface area contributed by atoms with Gasteiger partial charge in [-0.05, 0) is 57.5 Å². The molecule has 3 rings (SSSR count). The third-order valence-corrected chi connectivity index (χ3v) is 7.39. The van der Waals surface area contributed by atoms with Crippen LogP contribution >= 0.6 is 11.6 Å². The van der Waals surface area contributed by atoms with Crippen molar-refractivity contribution in [2.75, 3.05) is 13.1 Å². The highest BCUT2D eigenvalue weighted by molar-refractivity contribution is 7.89. The minimum Gasteiger partial charge on any atom is -0.444 e. The Labute approximate surface area is 194 Å². The summed E-state index contributed by atoms with van der Waals surface area (Å²) in [6, 6.07) is 12.8. The van der Waals surface area contributed by atoms with E-state index >= 15 is 0 Å². The maximum absolute atomic E-state index is 13.1. The normalized spacial score (nSPS) is 20.7. The van der Waals surface area contributed by atoms with Crippen LogP contribution in [0.25, 0.3) is 0 Å². The number of amides is 1. The van der Waals surface area contributed by atoms with Gasteiger partial charge < -0.3 is 15.2 Å². The van der Waals surface area contributed by atoms with Gasteiger partial charge in [-0.3, -0.25) is 0 Å². The molecule has 2 aromatic carbocycles. The minimum absolute atomic E-state index is 0.0421. The lowest BCUT2D eigenvalue weighted by Gasteiger charge is -2.29. The van der Waals surface area contributed by atoms with Gasteiger partial charge in [0.2, 0.25) is 10.0 Å². The molecule has 0 unspecified atom stereocenters. The van der Waals surface area contributed by atoms with Crippen molar-refractivity contribution in [3.8, 4) is 0 Å². The van der Waals surface area contributed by atoms with E-state index in [1.807, 2.05) is 6.92 Å². The van der Waals surface area contributed by atoms with Crippen LogP contribution in [-0.2, 0) is 14.8 Å². The first kappa shape index (κ1) is 24.5. The van der Waals surface area contributed by atoms with Crippen LogP contribution in [0.4, 0.5) is 4.79 Å². The molecular formula is C23H29ClN2O5S. The van der Waals surface area contributed by atoms with Crippen molar-refractivity contribution < 1.29 is 23.1 Å². The van der Waals surface area contributed by atoms with Crippen LogP contribution in [-0.4, -0.2) is 48.7 Å². The lowest BCUT2D eigenvalue weighted by Crippen LogP contribution is -2.41. The van der Waals surface area contributed by atoms with Gasteiger partial charge in [0.25, 0.3) is 0 Å². The molecule has 174 valence electrons. The predicted octanol–water partition coefficient (Wildman–Crippen LogP) is 3.90. The number of nitrogens with one attached hydrogen (secondary N) is 1. The van der Waals surface area contributed by atoms with Crippen LogP contribution in [0.3, 0.4) is 0 Å². The summed E-state index contributed by atoms with van der Waals surface area (Å²) in [7, 11) is -3.79. The number of halogens is 1. The quantitative estimate of drug-likeness (QED) is 0.676. The van der Waals surface area contributed by atoms with Crippen molar-refractivity contribution in [1.29, 1.82) is 0 Å². The largest absolute Gasteiger partial charge is 0.444 e. The lowest BCUT2D eigenvalue weighted by molar-refractivity contribution is 0.0451. The number of alkyl carbamates (subject to hydrolysis) is 1. The summed E-state index contributed by atoms with van der Waals surface area (Å²) >= 11 is 6.01. The summed E-state index contributed by atoms with van der Waals surface area (Å²) in [6.07, 6.45) is -1.63. The Morgan fingerprint density at radius 2 is 1.72 bits per heavy atom. The summed E-state index contributed by atoms with van der Waals surface area (Å²) < 4.78 is 32.9. The number of aliphatic hydroxyl groups excluding tert-OH is 1. The summed E-state index contributed by atoms with van der Waals surface area (Å²) in [4.78, 5) is 12.7. The number of ether oxygens (including phenoxy) is 1. The lowest BCUT2D eigenvalue weighted by atomic mass is 9.90. The Hall–Kier alpha value is -2.13. The van der Waals surface area contributed by atoms with E-state index < -0.39 is 39.8 Å². The van der Waals surface area contributed by atoms with Gasteiger partial charge in [-0.2, -0.15) is 4.31 Å². The molecule has 2 aromatic rings. The molecule has 7 nitrogen and oxygen atoms in total. The molecule has 1 saturated heterocycles. The number of sulfonamides is 1. The fourth-order valence-corrected chi connectivity index (χ4v) is 5.32. The van der Waals surface area contributed by atoms with Gasteiger partial charge in [-0.25, -0.2) is 13.2 Å². The second-order valence-corrected chi connectivity index (χ2v) is 11.4. The Morgan fingerprint density at radius 3 is 2.28 bits per heavy atom. The number of β-amino-alcohol motifs (C(OH)–C–C–N with tert-alkyl or cyclic N) is 1. The van der Waals surface area contributed by atoms with Gasteiger partial charge in [-0.15, -0.1) is 0 Å².